The molecule has 5 N–H and O–H groups in total. The van der Waals surface area contributed by atoms with Crippen LogP contribution in [0.15, 0.2) is 78.9 Å². The maximum Gasteiger partial charge on any atom is 0.148 e. The molecule has 10 nitrogen and oxygen atoms in total. The van der Waals surface area contributed by atoms with E-state index in [9.17, 15) is 10.2 Å². The van der Waals surface area contributed by atoms with Crippen molar-refractivity contribution in [1.82, 2.24) is 30.6 Å². The summed E-state index contributed by atoms with van der Waals surface area (Å²) < 4.78 is 0. The number of rotatable bonds is 6. The average Bonchev–Trinajstić information content (AvgIpc) is 3.06. The summed E-state index contributed by atoms with van der Waals surface area (Å²) in [7, 11) is 2.20. The van der Waals surface area contributed by atoms with E-state index < -0.39 is 0 Å². The van der Waals surface area contributed by atoms with Crippen LogP contribution in [-0.2, 0) is 0 Å². The molecular formula is C43H55ClN8O2. The maximum atomic E-state index is 10.4. The molecule has 2 aliphatic rings. The van der Waals surface area contributed by atoms with Gasteiger partial charge in [0.15, 0.2) is 0 Å². The van der Waals surface area contributed by atoms with Crippen molar-refractivity contribution in [2.45, 2.75) is 115 Å². The molecule has 0 unspecified atom stereocenters. The highest BCUT2D eigenvalue weighted by Crippen LogP contribution is 2.38. The van der Waals surface area contributed by atoms with Crippen molar-refractivity contribution in [2.24, 2.45) is 0 Å². The molecule has 11 heteroatoms. The molecule has 0 aliphatic carbocycles. The Morgan fingerprint density at radius 2 is 1.09 bits per heavy atom. The SMILES string of the molecule is CC1(C)CC(Nc2ccc(-c3cc4ccccc4cc3O)nn2)CC(C)(C)N1.CN1C(C)(C)CC(Nc2ccc(-c3ccc(Cl)cc3O)nn2)CC1(C)C. The average molecular weight is 751 g/mol. The van der Waals surface area contributed by atoms with Crippen molar-refractivity contribution in [1.29, 1.82) is 0 Å². The molecular weight excluding hydrogens is 696 g/mol. The number of piperidine rings is 2. The maximum absolute atomic E-state index is 10.4. The largest absolute Gasteiger partial charge is 0.507 e. The van der Waals surface area contributed by atoms with Crippen LogP contribution in [0.2, 0.25) is 5.02 Å². The second-order valence-electron chi connectivity index (χ2n) is 17.6. The lowest BCUT2D eigenvalue weighted by atomic mass is 9.77. The molecule has 0 bridgehead atoms. The first-order valence-corrected chi connectivity index (χ1v) is 19.1. The molecule has 0 spiro atoms. The molecule has 4 heterocycles. The van der Waals surface area contributed by atoms with Crippen molar-refractivity contribution < 1.29 is 10.2 Å². The molecule has 2 saturated heterocycles. The van der Waals surface area contributed by atoms with E-state index in [2.05, 4.69) is 104 Å². The third kappa shape index (κ3) is 9.22. The molecule has 0 amide bonds. The molecule has 54 heavy (non-hydrogen) atoms. The van der Waals surface area contributed by atoms with E-state index in [0.717, 1.165) is 48.1 Å². The smallest absolute Gasteiger partial charge is 0.148 e. The van der Waals surface area contributed by atoms with Crippen molar-refractivity contribution >= 4 is 34.0 Å². The van der Waals surface area contributed by atoms with Crippen LogP contribution < -0.4 is 16.0 Å². The normalized spacial score (nSPS) is 19.4. The zero-order valence-corrected chi connectivity index (χ0v) is 33.8. The first kappa shape index (κ1) is 39.2. The van der Waals surface area contributed by atoms with Gasteiger partial charge in [-0.15, -0.1) is 20.4 Å². The molecule has 0 radical (unpaired) electrons. The predicted octanol–water partition coefficient (Wildman–Crippen LogP) is 9.29. The summed E-state index contributed by atoms with van der Waals surface area (Å²) in [5.74, 6) is 1.84. The van der Waals surface area contributed by atoms with E-state index >= 15 is 0 Å². The van der Waals surface area contributed by atoms with Crippen LogP contribution in [0.4, 0.5) is 11.6 Å². The van der Waals surface area contributed by atoms with Gasteiger partial charge in [-0.25, -0.2) is 0 Å². The molecule has 2 aromatic heterocycles. The Morgan fingerprint density at radius 3 is 1.59 bits per heavy atom. The second-order valence-corrected chi connectivity index (χ2v) is 18.0. The van der Waals surface area contributed by atoms with Crippen LogP contribution in [0.3, 0.4) is 0 Å². The predicted molar refractivity (Wildman–Crippen MR) is 221 cm³/mol. The van der Waals surface area contributed by atoms with E-state index in [4.69, 9.17) is 11.6 Å². The molecule has 2 aliphatic heterocycles. The zero-order valence-electron chi connectivity index (χ0n) is 33.0. The summed E-state index contributed by atoms with van der Waals surface area (Å²) in [6.45, 7) is 18.1. The molecule has 286 valence electrons. The number of aromatic hydroxyl groups is 2. The Balaban J connectivity index is 0.000000185. The highest BCUT2D eigenvalue weighted by Gasteiger charge is 2.43. The number of nitrogens with one attached hydrogen (secondary N) is 3. The van der Waals surface area contributed by atoms with Gasteiger partial charge in [0.25, 0.3) is 0 Å². The number of hydrogen-bond acceptors (Lipinski definition) is 10. The summed E-state index contributed by atoms with van der Waals surface area (Å²) in [5, 5.41) is 51.1. The van der Waals surface area contributed by atoms with Gasteiger partial charge in [0.2, 0.25) is 0 Å². The number of anilines is 2. The molecule has 0 saturated carbocycles. The lowest BCUT2D eigenvalue weighted by molar-refractivity contribution is -0.00774. The summed E-state index contributed by atoms with van der Waals surface area (Å²) >= 11 is 5.88. The third-order valence-corrected chi connectivity index (χ3v) is 11.1. The summed E-state index contributed by atoms with van der Waals surface area (Å²) in [6, 6.07) is 25.0. The molecule has 2 fully saturated rings. The Bertz CT molecular complexity index is 2050. The van der Waals surface area contributed by atoms with Gasteiger partial charge in [-0.05, 0) is 153 Å². The molecule has 5 aromatic rings. The fraction of sp³-hybridized carbons (Fsp3) is 0.442. The van der Waals surface area contributed by atoms with Gasteiger partial charge in [-0.3, -0.25) is 4.90 Å². The minimum atomic E-state index is 0.0731. The van der Waals surface area contributed by atoms with Crippen molar-refractivity contribution in [2.75, 3.05) is 17.7 Å². The Morgan fingerprint density at radius 1 is 0.611 bits per heavy atom. The second kappa shape index (κ2) is 15.0. The summed E-state index contributed by atoms with van der Waals surface area (Å²) in [6.07, 6.45) is 4.11. The van der Waals surface area contributed by atoms with E-state index in [0.29, 0.717) is 39.6 Å². The number of phenolic OH excluding ortho intramolecular Hbond substituents is 2. The highest BCUT2D eigenvalue weighted by molar-refractivity contribution is 6.30. The number of halogens is 1. The standard InChI is InChI=1S/C23H28N4O.C20H27ClN4O/c1-22(2)13-17(14-23(3,4)27-22)24-21-10-9-19(25-26-21)18-11-15-7-5-6-8-16(15)12-20(18)28;1-19(2)11-14(12-20(3,4)25(19)5)22-18-9-8-16(23-24-18)15-7-6-13(21)10-17(15)26/h5-12,17,27-28H,13-14H2,1-4H3,(H,24,26);6-10,14,26H,11-12H2,1-5H3,(H,22,24). The Labute approximate surface area is 324 Å². The van der Waals surface area contributed by atoms with Gasteiger partial charge < -0.3 is 26.2 Å². The fourth-order valence-corrected chi connectivity index (χ4v) is 8.74. The molecule has 3 aromatic carbocycles. The number of likely N-dealkylation sites (tertiary alicyclic amines) is 1. The minimum Gasteiger partial charge on any atom is -0.507 e. The quantitative estimate of drug-likeness (QED) is 0.114. The van der Waals surface area contributed by atoms with E-state index in [1.807, 2.05) is 54.6 Å². The molecule has 0 atom stereocenters. The van der Waals surface area contributed by atoms with Crippen LogP contribution in [0.1, 0.15) is 81.1 Å². The van der Waals surface area contributed by atoms with Crippen LogP contribution in [0.5, 0.6) is 11.5 Å². The van der Waals surface area contributed by atoms with Gasteiger partial charge in [0, 0.05) is 50.4 Å². The third-order valence-electron chi connectivity index (χ3n) is 10.9. The highest BCUT2D eigenvalue weighted by atomic mass is 35.5. The van der Waals surface area contributed by atoms with Crippen LogP contribution in [0, 0.1) is 0 Å². The van der Waals surface area contributed by atoms with Crippen molar-refractivity contribution in [3.8, 4) is 34.0 Å². The van der Waals surface area contributed by atoms with Crippen LogP contribution in [-0.4, -0.2) is 76.8 Å². The number of fused-ring (bicyclic) bond motifs is 1. The first-order valence-electron chi connectivity index (χ1n) is 18.7. The number of benzene rings is 3. The number of phenols is 2. The minimum absolute atomic E-state index is 0.0731. The van der Waals surface area contributed by atoms with E-state index in [-0.39, 0.29) is 33.7 Å². The van der Waals surface area contributed by atoms with Crippen LogP contribution >= 0.6 is 11.6 Å². The van der Waals surface area contributed by atoms with Crippen LogP contribution in [0.25, 0.3) is 33.3 Å². The summed E-state index contributed by atoms with van der Waals surface area (Å²) in [4.78, 5) is 2.45. The lowest BCUT2D eigenvalue weighted by Gasteiger charge is -2.53. The van der Waals surface area contributed by atoms with Crippen molar-refractivity contribution in [3.63, 3.8) is 0 Å². The molecule has 7 rings (SSSR count). The van der Waals surface area contributed by atoms with Gasteiger partial charge in [-0.1, -0.05) is 35.9 Å². The van der Waals surface area contributed by atoms with Crippen molar-refractivity contribution in [3.05, 3.63) is 83.9 Å². The summed E-state index contributed by atoms with van der Waals surface area (Å²) in [5.41, 5.74) is 2.97. The topological polar surface area (TPSA) is 131 Å². The first-order chi connectivity index (χ1) is 25.3. The Hall–Kier alpha value is -4.51. The van der Waals surface area contributed by atoms with Gasteiger partial charge in [0.1, 0.15) is 23.1 Å². The lowest BCUT2D eigenvalue weighted by Crippen LogP contribution is -2.61. The number of aromatic nitrogens is 4. The van der Waals surface area contributed by atoms with Gasteiger partial charge in [-0.2, -0.15) is 0 Å². The van der Waals surface area contributed by atoms with Gasteiger partial charge in [0.05, 0.1) is 11.4 Å². The fourth-order valence-electron chi connectivity index (χ4n) is 8.58. The number of hydrogen-bond donors (Lipinski definition) is 5. The monoisotopic (exact) mass is 750 g/mol. The van der Waals surface area contributed by atoms with Gasteiger partial charge >= 0.3 is 0 Å². The number of nitrogens with zero attached hydrogens (tertiary/aromatic N) is 5. The van der Waals surface area contributed by atoms with E-state index in [1.165, 1.54) is 6.07 Å². The zero-order chi connectivity index (χ0) is 39.1. The Kier molecular flexibility index (Phi) is 10.9. The van der Waals surface area contributed by atoms with E-state index in [1.54, 1.807) is 18.2 Å².